The van der Waals surface area contributed by atoms with Gasteiger partial charge in [0.25, 0.3) is 0 Å². The molecule has 0 saturated carbocycles. The fourth-order valence-electron chi connectivity index (χ4n) is 2.91. The first-order chi connectivity index (χ1) is 11.2. The smallest absolute Gasteiger partial charge is 0.231 e. The summed E-state index contributed by atoms with van der Waals surface area (Å²) >= 11 is 0. The molecule has 0 bridgehead atoms. The van der Waals surface area contributed by atoms with E-state index < -0.39 is 0 Å². The molecule has 6 nitrogen and oxygen atoms in total. The third kappa shape index (κ3) is 2.02. The standard InChI is InChI=1S/C17H13N3O3/c18-7-12-16(9-1-4-13-15(5-9)22-8-21-13)11-3-2-10(19)6-14(11)23-17(12)20/h1-6,16H,8,19-20H2/t16-/m1/s1. The predicted molar refractivity (Wildman–Crippen MR) is 82.7 cm³/mol. The average Bonchev–Trinajstić information content (AvgIpc) is 3.00. The van der Waals surface area contributed by atoms with Crippen LogP contribution in [0.1, 0.15) is 17.0 Å². The molecule has 0 spiro atoms. The molecule has 2 aliphatic rings. The maximum Gasteiger partial charge on any atom is 0.231 e. The van der Waals surface area contributed by atoms with Crippen LogP contribution in [0.4, 0.5) is 5.69 Å². The molecule has 0 fully saturated rings. The summed E-state index contributed by atoms with van der Waals surface area (Å²) in [6, 6.07) is 13.1. The Morgan fingerprint density at radius 3 is 2.65 bits per heavy atom. The van der Waals surface area contributed by atoms with Gasteiger partial charge in [-0.3, -0.25) is 0 Å². The van der Waals surface area contributed by atoms with Gasteiger partial charge in [-0.05, 0) is 23.8 Å². The first kappa shape index (κ1) is 13.3. The molecular weight excluding hydrogens is 294 g/mol. The van der Waals surface area contributed by atoms with Gasteiger partial charge in [0.1, 0.15) is 17.4 Å². The molecule has 6 heteroatoms. The van der Waals surface area contributed by atoms with Gasteiger partial charge in [-0.15, -0.1) is 0 Å². The van der Waals surface area contributed by atoms with E-state index in [-0.39, 0.29) is 18.6 Å². The van der Waals surface area contributed by atoms with Crippen LogP contribution < -0.4 is 25.7 Å². The zero-order chi connectivity index (χ0) is 16.0. The average molecular weight is 307 g/mol. The van der Waals surface area contributed by atoms with E-state index in [9.17, 15) is 5.26 Å². The number of hydrogen-bond donors (Lipinski definition) is 2. The SMILES string of the molecule is N#CC1=C(N)Oc2cc(N)ccc2[C@H]1c1ccc2c(c1)OCO2. The molecule has 23 heavy (non-hydrogen) atoms. The summed E-state index contributed by atoms with van der Waals surface area (Å²) in [4.78, 5) is 0. The second-order valence-electron chi connectivity index (χ2n) is 5.33. The van der Waals surface area contributed by atoms with Gasteiger partial charge in [0.2, 0.25) is 12.7 Å². The van der Waals surface area contributed by atoms with E-state index in [0.717, 1.165) is 11.1 Å². The molecule has 114 valence electrons. The van der Waals surface area contributed by atoms with Crippen LogP contribution in [-0.4, -0.2) is 6.79 Å². The number of allylic oxidation sites excluding steroid dienone is 1. The summed E-state index contributed by atoms with van der Waals surface area (Å²) in [6.07, 6.45) is 0. The number of nitrogens with two attached hydrogens (primary N) is 2. The van der Waals surface area contributed by atoms with E-state index in [0.29, 0.717) is 28.5 Å². The van der Waals surface area contributed by atoms with Gasteiger partial charge < -0.3 is 25.7 Å². The Labute approximate surface area is 132 Å². The lowest BCUT2D eigenvalue weighted by molar-refractivity contribution is 0.174. The number of nitrogen functional groups attached to an aromatic ring is 1. The van der Waals surface area contributed by atoms with E-state index in [2.05, 4.69) is 6.07 Å². The van der Waals surface area contributed by atoms with Crippen molar-refractivity contribution in [1.82, 2.24) is 0 Å². The molecule has 0 saturated heterocycles. The molecule has 4 rings (SSSR count). The van der Waals surface area contributed by atoms with E-state index >= 15 is 0 Å². The van der Waals surface area contributed by atoms with Gasteiger partial charge in [0.05, 0.1) is 5.92 Å². The summed E-state index contributed by atoms with van der Waals surface area (Å²) in [5.41, 5.74) is 14.4. The molecule has 2 heterocycles. The van der Waals surface area contributed by atoms with E-state index in [1.54, 1.807) is 12.1 Å². The first-order valence-electron chi connectivity index (χ1n) is 7.04. The summed E-state index contributed by atoms with van der Waals surface area (Å²) in [7, 11) is 0. The van der Waals surface area contributed by atoms with E-state index in [4.69, 9.17) is 25.7 Å². The largest absolute Gasteiger partial charge is 0.454 e. The second kappa shape index (κ2) is 4.85. The van der Waals surface area contributed by atoms with Crippen LogP contribution >= 0.6 is 0 Å². The fourth-order valence-corrected chi connectivity index (χ4v) is 2.91. The lowest BCUT2D eigenvalue weighted by Crippen LogP contribution is -2.21. The minimum absolute atomic E-state index is 0.0910. The van der Waals surface area contributed by atoms with Gasteiger partial charge in [0.15, 0.2) is 11.5 Å². The summed E-state index contributed by atoms with van der Waals surface area (Å²) in [5, 5.41) is 9.52. The van der Waals surface area contributed by atoms with Crippen molar-refractivity contribution in [2.24, 2.45) is 5.73 Å². The highest BCUT2D eigenvalue weighted by atomic mass is 16.7. The Balaban J connectivity index is 1.90. The van der Waals surface area contributed by atoms with Crippen molar-refractivity contribution in [1.29, 1.82) is 5.26 Å². The third-order valence-electron chi connectivity index (χ3n) is 3.97. The number of nitrogens with zero attached hydrogens (tertiary/aromatic N) is 1. The van der Waals surface area contributed by atoms with Gasteiger partial charge in [-0.1, -0.05) is 12.1 Å². The highest BCUT2D eigenvalue weighted by molar-refractivity contribution is 5.61. The van der Waals surface area contributed by atoms with Gasteiger partial charge >= 0.3 is 0 Å². The van der Waals surface area contributed by atoms with Crippen LogP contribution in [-0.2, 0) is 0 Å². The second-order valence-corrected chi connectivity index (χ2v) is 5.33. The molecule has 2 aliphatic heterocycles. The number of rotatable bonds is 1. The molecule has 4 N–H and O–H groups in total. The summed E-state index contributed by atoms with van der Waals surface area (Å²) < 4.78 is 16.3. The Morgan fingerprint density at radius 2 is 1.83 bits per heavy atom. The molecule has 0 aliphatic carbocycles. The molecule has 2 aromatic carbocycles. The van der Waals surface area contributed by atoms with Crippen molar-refractivity contribution in [3.8, 4) is 23.3 Å². The van der Waals surface area contributed by atoms with Crippen LogP contribution in [0.2, 0.25) is 0 Å². The Bertz CT molecular complexity index is 883. The monoisotopic (exact) mass is 307 g/mol. The number of hydrogen-bond acceptors (Lipinski definition) is 6. The van der Waals surface area contributed by atoms with Crippen molar-refractivity contribution < 1.29 is 14.2 Å². The number of benzene rings is 2. The first-order valence-corrected chi connectivity index (χ1v) is 7.04. The molecule has 1 atom stereocenters. The fraction of sp³-hybridized carbons (Fsp3) is 0.118. The van der Waals surface area contributed by atoms with E-state index in [1.165, 1.54) is 0 Å². The maximum atomic E-state index is 9.52. The number of nitriles is 1. The highest BCUT2D eigenvalue weighted by Crippen LogP contribution is 2.45. The lowest BCUT2D eigenvalue weighted by atomic mass is 9.83. The summed E-state index contributed by atoms with van der Waals surface area (Å²) in [5.74, 6) is 1.66. The highest BCUT2D eigenvalue weighted by Gasteiger charge is 2.31. The van der Waals surface area contributed by atoms with Crippen molar-refractivity contribution in [2.45, 2.75) is 5.92 Å². The number of fused-ring (bicyclic) bond motifs is 2. The van der Waals surface area contributed by atoms with Crippen LogP contribution in [0.25, 0.3) is 0 Å². The topological polar surface area (TPSA) is 104 Å². The van der Waals surface area contributed by atoms with Crippen LogP contribution in [0.15, 0.2) is 47.9 Å². The Morgan fingerprint density at radius 1 is 1.00 bits per heavy atom. The Kier molecular flexibility index (Phi) is 2.81. The van der Waals surface area contributed by atoms with Gasteiger partial charge in [-0.2, -0.15) is 5.26 Å². The third-order valence-corrected chi connectivity index (χ3v) is 3.97. The Hall–Kier alpha value is -3.33. The normalized spacial score (nSPS) is 18.1. The quantitative estimate of drug-likeness (QED) is 0.783. The van der Waals surface area contributed by atoms with Gasteiger partial charge in [-0.25, -0.2) is 0 Å². The predicted octanol–water partition coefficient (Wildman–Crippen LogP) is 2.22. The van der Waals surface area contributed by atoms with Gasteiger partial charge in [0, 0.05) is 17.3 Å². The van der Waals surface area contributed by atoms with E-state index in [1.807, 2.05) is 24.3 Å². The molecule has 0 amide bonds. The molecule has 0 radical (unpaired) electrons. The van der Waals surface area contributed by atoms with Crippen LogP contribution in [0, 0.1) is 11.3 Å². The molecule has 2 aromatic rings. The zero-order valence-electron chi connectivity index (χ0n) is 12.1. The lowest BCUT2D eigenvalue weighted by Gasteiger charge is -2.26. The minimum atomic E-state index is -0.334. The van der Waals surface area contributed by atoms with Crippen molar-refractivity contribution in [3.63, 3.8) is 0 Å². The molecular formula is C17H13N3O3. The number of anilines is 1. The summed E-state index contributed by atoms with van der Waals surface area (Å²) in [6.45, 7) is 0.197. The maximum absolute atomic E-state index is 9.52. The number of ether oxygens (including phenoxy) is 3. The van der Waals surface area contributed by atoms with Crippen molar-refractivity contribution >= 4 is 5.69 Å². The molecule has 0 unspecified atom stereocenters. The van der Waals surface area contributed by atoms with Crippen molar-refractivity contribution in [2.75, 3.05) is 12.5 Å². The molecule has 0 aromatic heterocycles. The zero-order valence-corrected chi connectivity index (χ0v) is 12.1. The van der Waals surface area contributed by atoms with Crippen LogP contribution in [0.3, 0.4) is 0 Å². The van der Waals surface area contributed by atoms with Crippen LogP contribution in [0.5, 0.6) is 17.2 Å². The minimum Gasteiger partial charge on any atom is -0.454 e. The van der Waals surface area contributed by atoms with Crippen molar-refractivity contribution in [3.05, 3.63) is 59.0 Å².